The third-order valence-corrected chi connectivity index (χ3v) is 3.93. The van der Waals surface area contributed by atoms with Gasteiger partial charge in [-0.2, -0.15) is 0 Å². The first kappa shape index (κ1) is 13.5. The highest BCUT2D eigenvalue weighted by Crippen LogP contribution is 2.34. The van der Waals surface area contributed by atoms with Crippen LogP contribution in [0, 0.1) is 0 Å². The molecular formula is C17H18N2O2. The van der Waals surface area contributed by atoms with Crippen molar-refractivity contribution in [3.05, 3.63) is 59.2 Å². The Morgan fingerprint density at radius 2 is 2.10 bits per heavy atom. The number of nitrogens with one attached hydrogen (secondary N) is 1. The highest BCUT2D eigenvalue weighted by molar-refractivity contribution is 5.93. The van der Waals surface area contributed by atoms with E-state index in [2.05, 4.69) is 5.32 Å². The molecule has 21 heavy (non-hydrogen) atoms. The first-order valence-electron chi connectivity index (χ1n) is 7.11. The van der Waals surface area contributed by atoms with Gasteiger partial charge in [-0.05, 0) is 60.7 Å². The monoisotopic (exact) mass is 282 g/mol. The molecule has 0 fully saturated rings. The second-order valence-electron chi connectivity index (χ2n) is 5.42. The summed E-state index contributed by atoms with van der Waals surface area (Å²) in [7, 11) is 0. The molecule has 0 radical (unpaired) electrons. The molecule has 0 heterocycles. The molecule has 0 aromatic heterocycles. The maximum atomic E-state index is 11.2. The molecule has 2 aromatic carbocycles. The van der Waals surface area contributed by atoms with Crippen molar-refractivity contribution in [2.45, 2.75) is 25.3 Å². The Hall–Kier alpha value is -2.49. The molecule has 1 unspecified atom stereocenters. The van der Waals surface area contributed by atoms with E-state index in [1.807, 2.05) is 24.3 Å². The average Bonchev–Trinajstić information content (AvgIpc) is 2.48. The van der Waals surface area contributed by atoms with Crippen molar-refractivity contribution in [2.75, 3.05) is 5.32 Å². The van der Waals surface area contributed by atoms with Gasteiger partial charge < -0.3 is 16.2 Å². The summed E-state index contributed by atoms with van der Waals surface area (Å²) >= 11 is 0. The number of benzene rings is 2. The fourth-order valence-corrected chi connectivity index (χ4v) is 2.90. The van der Waals surface area contributed by atoms with Gasteiger partial charge in [0.05, 0.1) is 6.04 Å². The van der Waals surface area contributed by atoms with Crippen LogP contribution in [-0.4, -0.2) is 11.0 Å². The Bertz CT molecular complexity index is 682. The van der Waals surface area contributed by atoms with E-state index >= 15 is 0 Å². The highest BCUT2D eigenvalue weighted by Gasteiger charge is 2.20. The van der Waals surface area contributed by atoms with Crippen LogP contribution < -0.4 is 11.1 Å². The molecule has 1 aliphatic rings. The number of aromatic hydroxyl groups is 1. The molecule has 1 atom stereocenters. The van der Waals surface area contributed by atoms with Crippen LogP contribution in [0.4, 0.5) is 5.69 Å². The van der Waals surface area contributed by atoms with Crippen molar-refractivity contribution in [3.8, 4) is 5.75 Å². The number of phenolic OH excluding ortho intramolecular Hbond substituents is 1. The molecule has 0 saturated carbocycles. The lowest BCUT2D eigenvalue weighted by atomic mass is 9.87. The van der Waals surface area contributed by atoms with Crippen LogP contribution in [0.5, 0.6) is 5.75 Å². The van der Waals surface area contributed by atoms with Gasteiger partial charge in [0.25, 0.3) is 0 Å². The topological polar surface area (TPSA) is 75.4 Å². The average molecular weight is 282 g/mol. The number of rotatable bonds is 3. The molecule has 3 rings (SSSR count). The summed E-state index contributed by atoms with van der Waals surface area (Å²) in [4.78, 5) is 11.2. The predicted molar refractivity (Wildman–Crippen MR) is 82.4 cm³/mol. The minimum absolute atomic E-state index is 0.143. The lowest BCUT2D eigenvalue weighted by Gasteiger charge is -2.27. The number of fused-ring (bicyclic) bond motifs is 1. The van der Waals surface area contributed by atoms with Crippen molar-refractivity contribution < 1.29 is 9.90 Å². The number of nitrogens with two attached hydrogens (primary N) is 1. The Morgan fingerprint density at radius 3 is 2.90 bits per heavy atom. The van der Waals surface area contributed by atoms with Crippen molar-refractivity contribution in [2.24, 2.45) is 5.73 Å². The molecular weight excluding hydrogens is 264 g/mol. The van der Waals surface area contributed by atoms with E-state index in [4.69, 9.17) is 5.73 Å². The second-order valence-corrected chi connectivity index (χ2v) is 5.42. The van der Waals surface area contributed by atoms with Gasteiger partial charge >= 0.3 is 0 Å². The molecule has 1 amide bonds. The minimum Gasteiger partial charge on any atom is -0.508 e. The Labute approximate surface area is 123 Å². The van der Waals surface area contributed by atoms with Gasteiger partial charge in [0.1, 0.15) is 5.75 Å². The minimum atomic E-state index is -0.430. The first-order valence-corrected chi connectivity index (χ1v) is 7.11. The maximum Gasteiger partial charge on any atom is 0.248 e. The predicted octanol–water partition coefficient (Wildman–Crippen LogP) is 2.98. The van der Waals surface area contributed by atoms with Gasteiger partial charge in [-0.3, -0.25) is 4.79 Å². The smallest absolute Gasteiger partial charge is 0.248 e. The largest absolute Gasteiger partial charge is 0.508 e. The lowest BCUT2D eigenvalue weighted by molar-refractivity contribution is 0.100. The van der Waals surface area contributed by atoms with Crippen LogP contribution in [0.3, 0.4) is 0 Å². The normalized spacial score (nSPS) is 17.0. The summed E-state index contributed by atoms with van der Waals surface area (Å²) in [5.41, 5.74) is 9.07. The van der Waals surface area contributed by atoms with Gasteiger partial charge in [-0.25, -0.2) is 0 Å². The number of hydrogen-bond donors (Lipinski definition) is 3. The van der Waals surface area contributed by atoms with E-state index in [0.29, 0.717) is 5.56 Å². The molecule has 4 heteroatoms. The summed E-state index contributed by atoms with van der Waals surface area (Å²) in [6, 6.07) is 12.9. The summed E-state index contributed by atoms with van der Waals surface area (Å²) in [6.07, 6.45) is 3.14. The van der Waals surface area contributed by atoms with E-state index in [1.54, 1.807) is 18.2 Å². The van der Waals surface area contributed by atoms with Gasteiger partial charge in [-0.1, -0.05) is 12.1 Å². The maximum absolute atomic E-state index is 11.2. The lowest BCUT2D eigenvalue weighted by Crippen LogP contribution is -2.18. The zero-order chi connectivity index (χ0) is 14.8. The van der Waals surface area contributed by atoms with Crippen LogP contribution in [-0.2, 0) is 6.42 Å². The fourth-order valence-electron chi connectivity index (χ4n) is 2.90. The van der Waals surface area contributed by atoms with E-state index in [-0.39, 0.29) is 11.8 Å². The van der Waals surface area contributed by atoms with Crippen molar-refractivity contribution in [1.29, 1.82) is 0 Å². The Balaban J connectivity index is 1.88. The highest BCUT2D eigenvalue weighted by atomic mass is 16.3. The number of amides is 1. The molecule has 0 aliphatic heterocycles. The van der Waals surface area contributed by atoms with E-state index < -0.39 is 5.91 Å². The fraction of sp³-hybridized carbons (Fsp3) is 0.235. The zero-order valence-corrected chi connectivity index (χ0v) is 11.7. The van der Waals surface area contributed by atoms with Crippen LogP contribution in [0.15, 0.2) is 42.5 Å². The molecule has 4 N–H and O–H groups in total. The van der Waals surface area contributed by atoms with E-state index in [0.717, 1.165) is 30.5 Å². The van der Waals surface area contributed by atoms with Crippen LogP contribution >= 0.6 is 0 Å². The van der Waals surface area contributed by atoms with Gasteiger partial charge in [0.2, 0.25) is 5.91 Å². The molecule has 0 saturated heterocycles. The summed E-state index contributed by atoms with van der Waals surface area (Å²) in [5, 5.41) is 13.1. The summed E-state index contributed by atoms with van der Waals surface area (Å²) in [6.45, 7) is 0. The Kier molecular flexibility index (Phi) is 3.52. The SMILES string of the molecule is NC(=O)c1cccc(NC2CCCc3ccc(O)cc32)c1. The van der Waals surface area contributed by atoms with Crippen LogP contribution in [0.25, 0.3) is 0 Å². The van der Waals surface area contributed by atoms with Gasteiger partial charge in [-0.15, -0.1) is 0 Å². The molecule has 4 nitrogen and oxygen atoms in total. The molecule has 0 spiro atoms. The number of aryl methyl sites for hydroxylation is 1. The van der Waals surface area contributed by atoms with E-state index in [9.17, 15) is 9.90 Å². The van der Waals surface area contributed by atoms with Crippen LogP contribution in [0.1, 0.15) is 40.4 Å². The Morgan fingerprint density at radius 1 is 1.24 bits per heavy atom. The summed E-state index contributed by atoms with van der Waals surface area (Å²) in [5.74, 6) is -0.145. The second kappa shape index (κ2) is 5.48. The summed E-state index contributed by atoms with van der Waals surface area (Å²) < 4.78 is 0. The van der Waals surface area contributed by atoms with E-state index in [1.165, 1.54) is 5.56 Å². The third-order valence-electron chi connectivity index (χ3n) is 3.93. The zero-order valence-electron chi connectivity index (χ0n) is 11.7. The molecule has 2 aromatic rings. The molecule has 108 valence electrons. The standard InChI is InChI=1S/C17H18N2O2/c18-17(21)12-4-1-5-13(9-12)19-16-6-2-3-11-7-8-14(20)10-15(11)16/h1,4-5,7-10,16,19-20H,2-3,6H2,(H2,18,21). The van der Waals surface area contributed by atoms with Gasteiger partial charge in [0, 0.05) is 11.3 Å². The quantitative estimate of drug-likeness (QED) is 0.810. The number of carbonyl (C=O) groups excluding carboxylic acids is 1. The number of carbonyl (C=O) groups is 1. The third kappa shape index (κ3) is 2.84. The van der Waals surface area contributed by atoms with Crippen LogP contribution in [0.2, 0.25) is 0 Å². The molecule has 0 bridgehead atoms. The number of hydrogen-bond acceptors (Lipinski definition) is 3. The number of phenols is 1. The van der Waals surface area contributed by atoms with Gasteiger partial charge in [0.15, 0.2) is 0 Å². The van der Waals surface area contributed by atoms with Crippen molar-refractivity contribution in [1.82, 2.24) is 0 Å². The van der Waals surface area contributed by atoms with Crippen molar-refractivity contribution in [3.63, 3.8) is 0 Å². The number of anilines is 1. The number of primary amides is 1. The van der Waals surface area contributed by atoms with Crippen molar-refractivity contribution >= 4 is 11.6 Å². The molecule has 1 aliphatic carbocycles. The first-order chi connectivity index (χ1) is 10.1.